The zero-order valence-electron chi connectivity index (χ0n) is 10.6. The van der Waals surface area contributed by atoms with Gasteiger partial charge in [0.25, 0.3) is 0 Å². The van der Waals surface area contributed by atoms with Crippen molar-refractivity contribution in [3.05, 3.63) is 0 Å². The largest absolute Gasteiger partial charge is 0.411 e. The predicted octanol–water partition coefficient (Wildman–Crippen LogP) is 2.87. The highest BCUT2D eigenvalue weighted by atomic mass is 35.5. The van der Waals surface area contributed by atoms with Crippen molar-refractivity contribution in [3.8, 4) is 0 Å². The highest BCUT2D eigenvalue weighted by Gasteiger charge is 2.27. The summed E-state index contributed by atoms with van der Waals surface area (Å²) in [5.74, 6) is -0.0351. The average Bonchev–Trinajstić information content (AvgIpc) is 2.32. The van der Waals surface area contributed by atoms with Crippen molar-refractivity contribution in [1.29, 1.82) is 0 Å². The third-order valence-electron chi connectivity index (χ3n) is 3.12. The normalized spacial score (nSPS) is 24.2. The summed E-state index contributed by atoms with van der Waals surface area (Å²) in [6.45, 7) is -1.04. The van der Waals surface area contributed by atoms with Gasteiger partial charge in [0.15, 0.2) is 0 Å². The Morgan fingerprint density at radius 1 is 1.32 bits per heavy atom. The van der Waals surface area contributed by atoms with Crippen molar-refractivity contribution >= 4 is 17.5 Å². The molecule has 1 amide bonds. The summed E-state index contributed by atoms with van der Waals surface area (Å²) >= 11 is 6.14. The summed E-state index contributed by atoms with van der Waals surface area (Å²) in [5, 5.41) is 2.77. The SMILES string of the molecule is O=C(CCOCC(F)(F)F)NCC1CCCCC1Cl. The van der Waals surface area contributed by atoms with E-state index in [0.717, 1.165) is 25.7 Å². The van der Waals surface area contributed by atoms with Gasteiger partial charge in [-0.05, 0) is 18.8 Å². The summed E-state index contributed by atoms with van der Waals surface area (Å²) in [7, 11) is 0. The first-order valence-corrected chi connectivity index (χ1v) is 6.87. The Hall–Kier alpha value is -0.490. The smallest absolute Gasteiger partial charge is 0.372 e. The van der Waals surface area contributed by atoms with Gasteiger partial charge in [-0.3, -0.25) is 4.79 Å². The van der Waals surface area contributed by atoms with Crippen molar-refractivity contribution in [2.45, 2.75) is 43.7 Å². The van der Waals surface area contributed by atoms with E-state index in [-0.39, 0.29) is 30.2 Å². The number of alkyl halides is 4. The molecule has 0 aromatic carbocycles. The zero-order valence-corrected chi connectivity index (χ0v) is 11.4. The molecule has 0 heterocycles. The molecule has 1 fully saturated rings. The van der Waals surface area contributed by atoms with Crippen LogP contribution in [0.25, 0.3) is 0 Å². The lowest BCUT2D eigenvalue weighted by Gasteiger charge is -2.27. The fraction of sp³-hybridized carbons (Fsp3) is 0.917. The maximum Gasteiger partial charge on any atom is 0.411 e. The molecule has 2 unspecified atom stereocenters. The van der Waals surface area contributed by atoms with E-state index < -0.39 is 12.8 Å². The van der Waals surface area contributed by atoms with Crippen LogP contribution in [0.15, 0.2) is 0 Å². The van der Waals surface area contributed by atoms with Crippen LogP contribution in [0.3, 0.4) is 0 Å². The van der Waals surface area contributed by atoms with Crippen LogP contribution in [0.5, 0.6) is 0 Å². The Kier molecular flexibility index (Phi) is 6.93. The second-order valence-corrected chi connectivity index (χ2v) is 5.34. The Bertz CT molecular complexity index is 287. The molecule has 0 radical (unpaired) electrons. The number of carbonyl (C=O) groups excluding carboxylic acids is 1. The van der Waals surface area contributed by atoms with Crippen molar-refractivity contribution in [2.75, 3.05) is 19.8 Å². The van der Waals surface area contributed by atoms with Crippen LogP contribution in [0.4, 0.5) is 13.2 Å². The monoisotopic (exact) mass is 301 g/mol. The van der Waals surface area contributed by atoms with Gasteiger partial charge in [0.2, 0.25) is 5.91 Å². The Balaban J connectivity index is 2.07. The minimum Gasteiger partial charge on any atom is -0.372 e. The van der Waals surface area contributed by atoms with Gasteiger partial charge in [-0.1, -0.05) is 12.8 Å². The fourth-order valence-corrected chi connectivity index (χ4v) is 2.45. The molecular formula is C12H19ClF3NO2. The standard InChI is InChI=1S/C12H19ClF3NO2/c13-10-4-2-1-3-9(10)7-17-11(18)5-6-19-8-12(14,15)16/h9-10H,1-8H2,(H,17,18). The first-order valence-electron chi connectivity index (χ1n) is 6.44. The van der Waals surface area contributed by atoms with E-state index in [4.69, 9.17) is 11.6 Å². The Labute approximate surface area is 115 Å². The minimum absolute atomic E-state index is 0.0598. The summed E-state index contributed by atoms with van der Waals surface area (Å²) in [6, 6.07) is 0. The molecule has 0 aromatic heterocycles. The fourth-order valence-electron chi connectivity index (χ4n) is 2.08. The number of carbonyl (C=O) groups is 1. The van der Waals surface area contributed by atoms with Gasteiger partial charge in [0.1, 0.15) is 6.61 Å². The van der Waals surface area contributed by atoms with E-state index in [1.165, 1.54) is 0 Å². The van der Waals surface area contributed by atoms with Crippen molar-refractivity contribution < 1.29 is 22.7 Å². The van der Waals surface area contributed by atoms with Crippen molar-refractivity contribution in [2.24, 2.45) is 5.92 Å². The van der Waals surface area contributed by atoms with Crippen LogP contribution in [-0.2, 0) is 9.53 Å². The lowest BCUT2D eigenvalue weighted by atomic mass is 9.89. The summed E-state index contributed by atoms with van der Waals surface area (Å²) < 4.78 is 39.7. The molecule has 0 spiro atoms. The highest BCUT2D eigenvalue weighted by Crippen LogP contribution is 2.27. The first kappa shape index (κ1) is 16.6. The third-order valence-corrected chi connectivity index (χ3v) is 3.69. The highest BCUT2D eigenvalue weighted by molar-refractivity contribution is 6.20. The van der Waals surface area contributed by atoms with Crippen LogP contribution in [0, 0.1) is 5.92 Å². The molecule has 1 saturated carbocycles. The summed E-state index contributed by atoms with van der Waals surface area (Å²) in [4.78, 5) is 11.4. The van der Waals surface area contributed by atoms with Crippen LogP contribution in [0.1, 0.15) is 32.1 Å². The predicted molar refractivity (Wildman–Crippen MR) is 66.1 cm³/mol. The number of halogens is 4. The van der Waals surface area contributed by atoms with Gasteiger partial charge < -0.3 is 10.1 Å². The molecule has 0 aliphatic heterocycles. The summed E-state index contributed by atoms with van der Waals surface area (Å²) in [6.07, 6.45) is -0.238. The molecule has 1 rings (SSSR count). The molecule has 2 atom stereocenters. The van der Waals surface area contributed by atoms with Gasteiger partial charge in [0.05, 0.1) is 6.61 Å². The molecule has 1 aliphatic rings. The topological polar surface area (TPSA) is 38.3 Å². The molecule has 7 heteroatoms. The van der Waals surface area contributed by atoms with Crippen molar-refractivity contribution in [1.82, 2.24) is 5.32 Å². The molecule has 0 bridgehead atoms. The lowest BCUT2D eigenvalue weighted by molar-refractivity contribution is -0.174. The van der Waals surface area contributed by atoms with Crippen LogP contribution >= 0.6 is 11.6 Å². The maximum absolute atomic E-state index is 11.8. The number of ether oxygens (including phenoxy) is 1. The van der Waals surface area contributed by atoms with Gasteiger partial charge in [0, 0.05) is 18.3 Å². The molecule has 0 saturated heterocycles. The number of nitrogens with one attached hydrogen (secondary N) is 1. The van der Waals surface area contributed by atoms with E-state index >= 15 is 0 Å². The quantitative estimate of drug-likeness (QED) is 0.605. The molecule has 19 heavy (non-hydrogen) atoms. The van der Waals surface area contributed by atoms with Gasteiger partial charge in [-0.25, -0.2) is 0 Å². The number of hydrogen-bond acceptors (Lipinski definition) is 2. The molecule has 1 aliphatic carbocycles. The molecular weight excluding hydrogens is 283 g/mol. The Morgan fingerprint density at radius 2 is 2.00 bits per heavy atom. The van der Waals surface area contributed by atoms with E-state index in [0.29, 0.717) is 6.54 Å². The molecule has 3 nitrogen and oxygen atoms in total. The van der Waals surface area contributed by atoms with E-state index in [1.807, 2.05) is 0 Å². The van der Waals surface area contributed by atoms with Crippen LogP contribution in [0.2, 0.25) is 0 Å². The second-order valence-electron chi connectivity index (χ2n) is 4.78. The van der Waals surface area contributed by atoms with Gasteiger partial charge in [-0.2, -0.15) is 13.2 Å². The van der Waals surface area contributed by atoms with E-state index in [9.17, 15) is 18.0 Å². The lowest BCUT2D eigenvalue weighted by Crippen LogP contribution is -2.35. The van der Waals surface area contributed by atoms with E-state index in [1.54, 1.807) is 0 Å². The maximum atomic E-state index is 11.8. The van der Waals surface area contributed by atoms with Crippen LogP contribution < -0.4 is 5.32 Å². The zero-order chi connectivity index (χ0) is 14.3. The average molecular weight is 302 g/mol. The number of hydrogen-bond donors (Lipinski definition) is 1. The summed E-state index contributed by atoms with van der Waals surface area (Å²) in [5.41, 5.74) is 0. The molecule has 1 N–H and O–H groups in total. The minimum atomic E-state index is -4.34. The molecule has 112 valence electrons. The van der Waals surface area contributed by atoms with Crippen molar-refractivity contribution in [3.63, 3.8) is 0 Å². The van der Waals surface area contributed by atoms with E-state index in [2.05, 4.69) is 10.1 Å². The second kappa shape index (κ2) is 7.94. The van der Waals surface area contributed by atoms with Gasteiger partial charge >= 0.3 is 6.18 Å². The first-order chi connectivity index (χ1) is 8.88. The third kappa shape index (κ3) is 7.62. The number of rotatable bonds is 6. The molecule has 0 aromatic rings. The van der Waals surface area contributed by atoms with Crippen LogP contribution in [-0.4, -0.2) is 37.2 Å². The number of amides is 1. The van der Waals surface area contributed by atoms with Gasteiger partial charge in [-0.15, -0.1) is 11.6 Å². The Morgan fingerprint density at radius 3 is 2.63 bits per heavy atom.